The molecule has 3 aromatic rings. The average Bonchev–Trinajstić information content (AvgIpc) is 4.19. The molecule has 2 aliphatic carbocycles. The molecule has 4 amide bonds. The number of hydrogen-bond acceptors (Lipinski definition) is 8. The van der Waals surface area contributed by atoms with E-state index in [1.807, 2.05) is 43.7 Å². The van der Waals surface area contributed by atoms with E-state index in [4.69, 9.17) is 19.5 Å². The second-order valence-electron chi connectivity index (χ2n) is 21.2. The van der Waals surface area contributed by atoms with Crippen molar-refractivity contribution in [2.24, 2.45) is 39.1 Å². The van der Waals surface area contributed by atoms with Gasteiger partial charge in [-0.15, -0.1) is 0 Å². The van der Waals surface area contributed by atoms with Crippen LogP contribution in [0.25, 0.3) is 27.8 Å². The highest BCUT2D eigenvalue weighted by molar-refractivity contribution is 6.04. The van der Waals surface area contributed by atoms with Crippen molar-refractivity contribution in [3.63, 3.8) is 0 Å². The summed E-state index contributed by atoms with van der Waals surface area (Å²) in [6, 6.07) is 18.8. The lowest BCUT2D eigenvalue weighted by molar-refractivity contribution is -0.135. The van der Waals surface area contributed by atoms with Crippen LogP contribution < -0.4 is 10.6 Å². The highest BCUT2D eigenvalue weighted by atomic mass is 16.5. The predicted molar refractivity (Wildman–Crippen MR) is 263 cm³/mol. The minimum atomic E-state index is -0.671. The molecule has 12 heteroatoms. The molecule has 2 saturated heterocycles. The fraction of sp³-hybridized carbons (Fsp3) is 0.527. The maximum Gasteiger partial charge on any atom is 0.407 e. The Hall–Kier alpha value is -5.78. The Balaban J connectivity index is 0.923. The van der Waals surface area contributed by atoms with Gasteiger partial charge in [0.1, 0.15) is 12.1 Å². The van der Waals surface area contributed by atoms with E-state index in [-0.39, 0.29) is 35.7 Å². The minimum absolute atomic E-state index is 0.0810. The Kier molecular flexibility index (Phi) is 12.9. The zero-order valence-electron chi connectivity index (χ0n) is 40.6. The number of ether oxygens (including phenoxy) is 2. The summed E-state index contributed by atoms with van der Waals surface area (Å²) in [6.45, 7) is 13.4. The number of aliphatic imine (C=N–C) groups is 2. The Morgan fingerprint density at radius 1 is 0.672 bits per heavy atom. The zero-order chi connectivity index (χ0) is 47.3. The SMILES string of the molecule is COC(=O)N[C@H](C(=O)N1C[C@@H](C)CC1C1=NC=C(c2ccc(-c3ccc(-c4ccc5c(c4)CC(C4C[C@H](C)CN4C(=O)[C@@H](NC(=O)OC)C(C)C)=N5)c4c3CC3(CCCC3)C4)cc2)C1)C(C)C. The standard InChI is InChI=1S/C55H68N6O6/c1-31(2)49(58-53(64)66-7)51(62)60-29-33(5)21-47(60)45-25-39(28-56-45)35-11-13-36(14-12-35)40-16-17-41(43-27-55(26-42(40)43)19-9-10-20-55)37-15-18-44-38(23-37)24-46(57-44)48-22-34(6)30-61(48)52(63)50(32(3)4)59-54(65)67-8/h11-18,23,28,31-34,47-50H,9-10,19-22,24-27,29-30H2,1-8H3,(H,58,64)(H,59,65)/t33-,34-,47?,48?,49-,50-/m0/s1. The van der Waals surface area contributed by atoms with Gasteiger partial charge < -0.3 is 29.9 Å². The molecule has 354 valence electrons. The van der Waals surface area contributed by atoms with Crippen LogP contribution in [-0.4, -0.2) is 96.7 Å². The normalized spacial score (nSPS) is 23.5. The molecule has 6 atom stereocenters. The number of rotatable bonds is 11. The molecule has 0 radical (unpaired) electrons. The molecule has 3 aromatic carbocycles. The van der Waals surface area contributed by atoms with Gasteiger partial charge in [-0.2, -0.15) is 0 Å². The number of carbonyl (C=O) groups is 4. The fourth-order valence-corrected chi connectivity index (χ4v) is 12.2. The van der Waals surface area contributed by atoms with Crippen molar-refractivity contribution in [2.45, 2.75) is 130 Å². The molecule has 0 aromatic heterocycles. The number of methoxy groups -OCH3 is 2. The van der Waals surface area contributed by atoms with E-state index in [1.165, 1.54) is 78.8 Å². The van der Waals surface area contributed by atoms with E-state index in [9.17, 15) is 19.2 Å². The monoisotopic (exact) mass is 909 g/mol. The lowest BCUT2D eigenvalue weighted by Crippen LogP contribution is -2.53. The summed E-state index contributed by atoms with van der Waals surface area (Å²) in [7, 11) is 2.64. The van der Waals surface area contributed by atoms with Crippen LogP contribution in [0.4, 0.5) is 15.3 Å². The first-order valence-corrected chi connectivity index (χ1v) is 24.7. The van der Waals surface area contributed by atoms with Crippen molar-refractivity contribution in [2.75, 3.05) is 27.3 Å². The Bertz CT molecular complexity index is 2540. The number of carbonyl (C=O) groups excluding carboxylic acids is 4. The topological polar surface area (TPSA) is 142 Å². The number of nitrogens with one attached hydrogen (secondary N) is 2. The molecule has 9 rings (SSSR count). The van der Waals surface area contributed by atoms with Crippen molar-refractivity contribution < 1.29 is 28.7 Å². The molecular formula is C55H68N6O6. The highest BCUT2D eigenvalue weighted by Crippen LogP contribution is 2.53. The third-order valence-electron chi connectivity index (χ3n) is 15.7. The third-order valence-corrected chi connectivity index (χ3v) is 15.7. The van der Waals surface area contributed by atoms with Gasteiger partial charge in [0.25, 0.3) is 0 Å². The molecular weight excluding hydrogens is 841 g/mol. The van der Waals surface area contributed by atoms with Crippen LogP contribution in [0, 0.1) is 29.1 Å². The number of hydrogen-bond donors (Lipinski definition) is 2. The van der Waals surface area contributed by atoms with Crippen molar-refractivity contribution >= 4 is 46.7 Å². The van der Waals surface area contributed by atoms with Gasteiger partial charge in [-0.05, 0) is 130 Å². The molecule has 4 heterocycles. The highest BCUT2D eigenvalue weighted by Gasteiger charge is 2.44. The number of fused-ring (bicyclic) bond motifs is 2. The van der Waals surface area contributed by atoms with Crippen molar-refractivity contribution in [1.29, 1.82) is 0 Å². The predicted octanol–water partition coefficient (Wildman–Crippen LogP) is 9.73. The van der Waals surface area contributed by atoms with Crippen LogP contribution in [0.1, 0.15) is 109 Å². The average molecular weight is 909 g/mol. The van der Waals surface area contributed by atoms with Crippen LogP contribution >= 0.6 is 0 Å². The van der Waals surface area contributed by atoms with Gasteiger partial charge in [-0.1, -0.05) is 96.8 Å². The third kappa shape index (κ3) is 9.05. The van der Waals surface area contributed by atoms with E-state index in [0.29, 0.717) is 43.2 Å². The fourth-order valence-electron chi connectivity index (χ4n) is 12.2. The quantitative estimate of drug-likeness (QED) is 0.196. The molecule has 1 saturated carbocycles. The number of nitrogens with zero attached hydrogens (tertiary/aromatic N) is 4. The Morgan fingerprint density at radius 3 is 1.72 bits per heavy atom. The van der Waals surface area contributed by atoms with E-state index in [0.717, 1.165) is 53.9 Å². The van der Waals surface area contributed by atoms with Gasteiger partial charge in [-0.25, -0.2) is 9.59 Å². The summed E-state index contributed by atoms with van der Waals surface area (Å²) in [5.41, 5.74) is 14.8. The van der Waals surface area contributed by atoms with Gasteiger partial charge in [0, 0.05) is 43.6 Å². The Morgan fingerprint density at radius 2 is 1.18 bits per heavy atom. The van der Waals surface area contributed by atoms with Crippen LogP contribution in [0.15, 0.2) is 70.8 Å². The van der Waals surface area contributed by atoms with Crippen LogP contribution in [0.3, 0.4) is 0 Å². The van der Waals surface area contributed by atoms with Gasteiger partial charge in [0.05, 0.1) is 32.0 Å². The van der Waals surface area contributed by atoms with E-state index < -0.39 is 24.3 Å². The van der Waals surface area contributed by atoms with Gasteiger partial charge in [-0.3, -0.25) is 19.6 Å². The lowest BCUT2D eigenvalue weighted by atomic mass is 9.82. The van der Waals surface area contributed by atoms with E-state index in [2.05, 4.69) is 79.1 Å². The summed E-state index contributed by atoms with van der Waals surface area (Å²) in [4.78, 5) is 66.2. The molecule has 12 nitrogen and oxygen atoms in total. The number of benzene rings is 3. The maximum atomic E-state index is 14.0. The summed E-state index contributed by atoms with van der Waals surface area (Å²) < 4.78 is 9.70. The second-order valence-corrected chi connectivity index (χ2v) is 21.2. The van der Waals surface area contributed by atoms with Crippen LogP contribution in [0.2, 0.25) is 0 Å². The van der Waals surface area contributed by atoms with Crippen molar-refractivity contribution in [3.05, 3.63) is 83.1 Å². The minimum Gasteiger partial charge on any atom is -0.453 e. The van der Waals surface area contributed by atoms with Crippen molar-refractivity contribution in [3.8, 4) is 22.3 Å². The summed E-state index contributed by atoms with van der Waals surface area (Å²) in [5, 5.41) is 5.55. The first-order chi connectivity index (χ1) is 32.1. The van der Waals surface area contributed by atoms with Gasteiger partial charge in [0.2, 0.25) is 11.8 Å². The number of amides is 4. The van der Waals surface area contributed by atoms with Crippen LogP contribution in [0.5, 0.6) is 0 Å². The number of alkyl carbamates (subject to hydrolysis) is 2. The van der Waals surface area contributed by atoms with E-state index in [1.54, 1.807) is 0 Å². The van der Waals surface area contributed by atoms with E-state index >= 15 is 0 Å². The Labute approximate surface area is 396 Å². The summed E-state index contributed by atoms with van der Waals surface area (Å²) in [6.07, 6.45) is 11.1. The summed E-state index contributed by atoms with van der Waals surface area (Å²) >= 11 is 0. The summed E-state index contributed by atoms with van der Waals surface area (Å²) in [5.74, 6) is 0.295. The lowest BCUT2D eigenvalue weighted by Gasteiger charge is -2.31. The first kappa shape index (κ1) is 46.3. The molecule has 6 aliphatic rings. The molecule has 67 heavy (non-hydrogen) atoms. The molecule has 4 aliphatic heterocycles. The molecule has 2 N–H and O–H groups in total. The molecule has 3 fully saturated rings. The van der Waals surface area contributed by atoms with Crippen molar-refractivity contribution in [1.82, 2.24) is 20.4 Å². The molecule has 0 bridgehead atoms. The molecule has 1 spiro atoms. The number of allylic oxidation sites excluding steroid dienone is 1. The number of likely N-dealkylation sites (tertiary alicyclic amines) is 2. The molecule has 2 unspecified atom stereocenters. The van der Waals surface area contributed by atoms with Gasteiger partial charge in [0.15, 0.2) is 0 Å². The first-order valence-electron chi connectivity index (χ1n) is 24.7. The second kappa shape index (κ2) is 18.7. The zero-order valence-corrected chi connectivity index (χ0v) is 40.6. The largest absolute Gasteiger partial charge is 0.453 e. The maximum absolute atomic E-state index is 14.0. The smallest absolute Gasteiger partial charge is 0.407 e. The van der Waals surface area contributed by atoms with Gasteiger partial charge >= 0.3 is 12.2 Å². The van der Waals surface area contributed by atoms with Crippen LogP contribution in [-0.2, 0) is 38.3 Å².